The number of carbonyl (C=O) groups is 1. The van der Waals surface area contributed by atoms with E-state index in [9.17, 15) is 4.79 Å². The lowest BCUT2D eigenvalue weighted by molar-refractivity contribution is 0.0780. The SMILES string of the molecule is O=C(c1cc2n(n1)CCN(Cc1ccccc1)C2)N1CC[C@H](n2ccnc2)C1. The molecule has 0 saturated carbocycles. The fourth-order valence-electron chi connectivity index (χ4n) is 4.22. The predicted octanol–water partition coefficient (Wildman–Crippen LogP) is 2.18. The molecule has 1 fully saturated rings. The molecule has 5 rings (SSSR count). The third-order valence-electron chi connectivity index (χ3n) is 5.74. The normalized spacial score (nSPS) is 19.7. The van der Waals surface area contributed by atoms with Gasteiger partial charge >= 0.3 is 0 Å². The van der Waals surface area contributed by atoms with Gasteiger partial charge in [0.2, 0.25) is 0 Å². The maximum atomic E-state index is 13.0. The average molecular weight is 376 g/mol. The van der Waals surface area contributed by atoms with Gasteiger partial charge in [0.05, 0.1) is 24.6 Å². The Morgan fingerprint density at radius 2 is 2.04 bits per heavy atom. The molecule has 144 valence electrons. The first-order chi connectivity index (χ1) is 13.8. The summed E-state index contributed by atoms with van der Waals surface area (Å²) in [6, 6.07) is 12.8. The van der Waals surface area contributed by atoms with Gasteiger partial charge in [0, 0.05) is 45.1 Å². The van der Waals surface area contributed by atoms with Crippen LogP contribution in [0.3, 0.4) is 0 Å². The third kappa shape index (κ3) is 3.33. The van der Waals surface area contributed by atoms with Gasteiger partial charge in [-0.25, -0.2) is 4.98 Å². The monoisotopic (exact) mass is 376 g/mol. The van der Waals surface area contributed by atoms with Crippen LogP contribution in [0.2, 0.25) is 0 Å². The van der Waals surface area contributed by atoms with Crippen molar-refractivity contribution < 1.29 is 4.79 Å². The maximum absolute atomic E-state index is 13.0. The summed E-state index contributed by atoms with van der Waals surface area (Å²) >= 11 is 0. The van der Waals surface area contributed by atoms with Gasteiger partial charge in [0.1, 0.15) is 0 Å². The number of hydrogen-bond donors (Lipinski definition) is 0. The van der Waals surface area contributed by atoms with E-state index in [1.807, 2.05) is 34.2 Å². The molecule has 0 N–H and O–H groups in total. The van der Waals surface area contributed by atoms with E-state index in [0.717, 1.165) is 51.4 Å². The topological polar surface area (TPSA) is 59.2 Å². The highest BCUT2D eigenvalue weighted by atomic mass is 16.2. The van der Waals surface area contributed by atoms with Crippen LogP contribution in [0.1, 0.15) is 34.2 Å². The molecule has 2 aromatic heterocycles. The number of likely N-dealkylation sites (tertiary alicyclic amines) is 1. The van der Waals surface area contributed by atoms with E-state index in [-0.39, 0.29) is 5.91 Å². The lowest BCUT2D eigenvalue weighted by atomic mass is 10.2. The van der Waals surface area contributed by atoms with E-state index < -0.39 is 0 Å². The Balaban J connectivity index is 1.25. The molecule has 1 atom stereocenters. The maximum Gasteiger partial charge on any atom is 0.274 e. The van der Waals surface area contributed by atoms with E-state index in [4.69, 9.17) is 0 Å². The summed E-state index contributed by atoms with van der Waals surface area (Å²) in [4.78, 5) is 21.4. The van der Waals surface area contributed by atoms with Gasteiger partial charge in [-0.15, -0.1) is 0 Å². The lowest BCUT2D eigenvalue weighted by Gasteiger charge is -2.27. The highest BCUT2D eigenvalue weighted by molar-refractivity contribution is 5.92. The van der Waals surface area contributed by atoms with Gasteiger partial charge < -0.3 is 9.47 Å². The number of imidazole rings is 1. The largest absolute Gasteiger partial charge is 0.335 e. The summed E-state index contributed by atoms with van der Waals surface area (Å²) in [6.45, 7) is 5.01. The van der Waals surface area contributed by atoms with Crippen molar-refractivity contribution >= 4 is 5.91 Å². The number of hydrogen-bond acceptors (Lipinski definition) is 4. The predicted molar refractivity (Wildman–Crippen MR) is 105 cm³/mol. The molecule has 0 unspecified atom stereocenters. The van der Waals surface area contributed by atoms with Gasteiger partial charge in [-0.3, -0.25) is 14.4 Å². The highest BCUT2D eigenvalue weighted by Gasteiger charge is 2.30. The molecule has 2 aliphatic rings. The van der Waals surface area contributed by atoms with E-state index in [1.165, 1.54) is 5.56 Å². The molecule has 1 amide bonds. The van der Waals surface area contributed by atoms with Crippen LogP contribution < -0.4 is 0 Å². The highest BCUT2D eigenvalue weighted by Crippen LogP contribution is 2.24. The zero-order valence-corrected chi connectivity index (χ0v) is 15.8. The molecule has 1 saturated heterocycles. The molecule has 2 aliphatic heterocycles. The van der Waals surface area contributed by atoms with Crippen LogP contribution in [-0.2, 0) is 19.6 Å². The summed E-state index contributed by atoms with van der Waals surface area (Å²) in [5.74, 6) is 0.0409. The summed E-state index contributed by atoms with van der Waals surface area (Å²) in [6.07, 6.45) is 6.54. The molecule has 0 bridgehead atoms. The van der Waals surface area contributed by atoms with Crippen molar-refractivity contribution in [3.05, 3.63) is 72.1 Å². The number of nitrogens with zero attached hydrogens (tertiary/aromatic N) is 6. The zero-order chi connectivity index (χ0) is 18.9. The molecule has 4 heterocycles. The van der Waals surface area contributed by atoms with Gasteiger partial charge in [0.15, 0.2) is 5.69 Å². The van der Waals surface area contributed by atoms with Gasteiger partial charge in [-0.05, 0) is 18.1 Å². The molecule has 7 heteroatoms. The Morgan fingerprint density at radius 1 is 1.14 bits per heavy atom. The van der Waals surface area contributed by atoms with E-state index in [1.54, 1.807) is 6.20 Å². The number of rotatable bonds is 4. The molecule has 3 aromatic rings. The Labute approximate surface area is 164 Å². The van der Waals surface area contributed by atoms with Crippen molar-refractivity contribution in [2.24, 2.45) is 0 Å². The molecule has 0 aliphatic carbocycles. The fourth-order valence-corrected chi connectivity index (χ4v) is 4.22. The number of benzene rings is 1. The molecule has 7 nitrogen and oxygen atoms in total. The summed E-state index contributed by atoms with van der Waals surface area (Å²) in [5.41, 5.74) is 3.01. The van der Waals surface area contributed by atoms with E-state index in [0.29, 0.717) is 11.7 Å². The molecule has 0 spiro atoms. The van der Waals surface area contributed by atoms with Crippen LogP contribution in [0.4, 0.5) is 0 Å². The number of amides is 1. The summed E-state index contributed by atoms with van der Waals surface area (Å²) < 4.78 is 4.09. The summed E-state index contributed by atoms with van der Waals surface area (Å²) in [7, 11) is 0. The third-order valence-corrected chi connectivity index (χ3v) is 5.74. The minimum absolute atomic E-state index is 0.0409. The average Bonchev–Trinajstić information content (AvgIpc) is 3.47. The smallest absolute Gasteiger partial charge is 0.274 e. The first kappa shape index (κ1) is 17.2. The van der Waals surface area contributed by atoms with Gasteiger partial charge in [0.25, 0.3) is 5.91 Å². The van der Waals surface area contributed by atoms with Crippen LogP contribution in [0.5, 0.6) is 0 Å². The first-order valence-electron chi connectivity index (χ1n) is 9.86. The number of carbonyl (C=O) groups excluding carboxylic acids is 1. The number of aromatic nitrogens is 4. The molecular formula is C21H24N6O. The van der Waals surface area contributed by atoms with Crippen molar-refractivity contribution in [1.29, 1.82) is 0 Å². The molecule has 1 aromatic carbocycles. The Bertz CT molecular complexity index is 949. The molecular weight excluding hydrogens is 352 g/mol. The van der Waals surface area contributed by atoms with Crippen molar-refractivity contribution in [3.8, 4) is 0 Å². The molecule has 28 heavy (non-hydrogen) atoms. The Kier molecular flexibility index (Phi) is 4.44. The van der Waals surface area contributed by atoms with Gasteiger partial charge in [-0.1, -0.05) is 30.3 Å². The minimum Gasteiger partial charge on any atom is -0.335 e. The second kappa shape index (κ2) is 7.24. The van der Waals surface area contributed by atoms with Crippen molar-refractivity contribution in [2.75, 3.05) is 19.6 Å². The first-order valence-corrected chi connectivity index (χ1v) is 9.86. The van der Waals surface area contributed by atoms with E-state index in [2.05, 4.69) is 43.8 Å². The molecule has 0 radical (unpaired) electrons. The Morgan fingerprint density at radius 3 is 2.86 bits per heavy atom. The van der Waals surface area contributed by atoms with Crippen molar-refractivity contribution in [3.63, 3.8) is 0 Å². The minimum atomic E-state index is 0.0409. The van der Waals surface area contributed by atoms with Crippen LogP contribution >= 0.6 is 0 Å². The fraction of sp³-hybridized carbons (Fsp3) is 0.381. The van der Waals surface area contributed by atoms with Crippen molar-refractivity contribution in [2.45, 2.75) is 32.1 Å². The quantitative estimate of drug-likeness (QED) is 0.700. The van der Waals surface area contributed by atoms with Crippen LogP contribution in [0.15, 0.2) is 55.1 Å². The van der Waals surface area contributed by atoms with Crippen LogP contribution in [-0.4, -0.2) is 54.7 Å². The van der Waals surface area contributed by atoms with E-state index >= 15 is 0 Å². The van der Waals surface area contributed by atoms with Gasteiger partial charge in [-0.2, -0.15) is 5.10 Å². The number of fused-ring (bicyclic) bond motifs is 1. The van der Waals surface area contributed by atoms with Crippen LogP contribution in [0, 0.1) is 0 Å². The lowest BCUT2D eigenvalue weighted by Crippen LogP contribution is -2.33. The second-order valence-corrected chi connectivity index (χ2v) is 7.64. The standard InChI is InChI=1S/C21H24N6O/c28-21(25-8-6-18(15-25)26-9-7-22-16-26)20-12-19-14-24(10-11-27(19)23-20)13-17-4-2-1-3-5-17/h1-5,7,9,12,16,18H,6,8,10-11,13-15H2/t18-/m0/s1. The Hall–Kier alpha value is -2.93. The zero-order valence-electron chi connectivity index (χ0n) is 15.8. The van der Waals surface area contributed by atoms with Crippen LogP contribution in [0.25, 0.3) is 0 Å². The van der Waals surface area contributed by atoms with Crippen molar-refractivity contribution in [1.82, 2.24) is 29.1 Å². The second-order valence-electron chi connectivity index (χ2n) is 7.64. The summed E-state index contributed by atoms with van der Waals surface area (Å²) in [5, 5.41) is 4.60.